The van der Waals surface area contributed by atoms with Crippen molar-refractivity contribution in [3.8, 4) is 11.5 Å². The number of ether oxygens (including phenoxy) is 1. The minimum atomic E-state index is -1.41. The van der Waals surface area contributed by atoms with Gasteiger partial charge < -0.3 is 9.64 Å². The van der Waals surface area contributed by atoms with Crippen LogP contribution in [0.1, 0.15) is 5.56 Å². The zero-order valence-corrected chi connectivity index (χ0v) is 12.6. The first-order valence-electron chi connectivity index (χ1n) is 7.34. The Labute approximate surface area is 140 Å². The van der Waals surface area contributed by atoms with Crippen LogP contribution in [-0.2, 0) is 0 Å². The molecule has 2 aliphatic rings. The lowest BCUT2D eigenvalue weighted by Crippen LogP contribution is -2.29. The fraction of sp³-hybridized carbons (Fsp3) is 0.125. The van der Waals surface area contributed by atoms with Gasteiger partial charge >= 0.3 is 5.69 Å². The number of hydrogen-bond acceptors (Lipinski definition) is 6. The van der Waals surface area contributed by atoms with Crippen molar-refractivity contribution in [1.82, 2.24) is 4.90 Å². The van der Waals surface area contributed by atoms with E-state index in [9.17, 15) is 18.9 Å². The molecule has 2 heterocycles. The molecule has 4 rings (SSSR count). The average molecular weight is 344 g/mol. The summed E-state index contributed by atoms with van der Waals surface area (Å²) in [6.07, 6.45) is 1.67. The van der Waals surface area contributed by atoms with Crippen molar-refractivity contribution in [2.45, 2.75) is 0 Å². The first-order valence-corrected chi connectivity index (χ1v) is 7.34. The van der Waals surface area contributed by atoms with E-state index in [1.807, 2.05) is 4.90 Å². The number of halogens is 2. The Kier molecular flexibility index (Phi) is 3.41. The van der Waals surface area contributed by atoms with Crippen molar-refractivity contribution in [3.63, 3.8) is 0 Å². The molecule has 0 spiro atoms. The summed E-state index contributed by atoms with van der Waals surface area (Å²) in [7, 11) is 0. The number of aliphatic imine (C=N–C) groups is 2. The summed E-state index contributed by atoms with van der Waals surface area (Å²) in [5.41, 5.74) is 0.657. The molecule has 2 aromatic carbocycles. The molecule has 0 saturated heterocycles. The molecule has 0 saturated carbocycles. The molecule has 25 heavy (non-hydrogen) atoms. The summed E-state index contributed by atoms with van der Waals surface area (Å²) in [6, 6.07) is 6.21. The minimum Gasteiger partial charge on any atom is -0.447 e. The minimum absolute atomic E-state index is 0.123. The van der Waals surface area contributed by atoms with Crippen molar-refractivity contribution in [2.75, 3.05) is 13.1 Å². The van der Waals surface area contributed by atoms with Crippen LogP contribution in [-0.4, -0.2) is 35.1 Å². The largest absolute Gasteiger partial charge is 0.447 e. The molecule has 0 N–H and O–H groups in total. The number of rotatable bonds is 3. The second kappa shape index (κ2) is 5.62. The lowest BCUT2D eigenvalue weighted by Gasteiger charge is -2.21. The number of nitro groups is 1. The lowest BCUT2D eigenvalue weighted by atomic mass is 10.1. The highest BCUT2D eigenvalue weighted by molar-refractivity contribution is 6.11. The molecule has 0 unspecified atom stereocenters. The molecule has 0 aromatic heterocycles. The molecular formula is C16H10F2N4O3. The highest BCUT2D eigenvalue weighted by atomic mass is 19.2. The number of amidine groups is 1. The van der Waals surface area contributed by atoms with Gasteiger partial charge in [0.05, 0.1) is 23.5 Å². The Morgan fingerprint density at radius 1 is 1.24 bits per heavy atom. The highest BCUT2D eigenvalue weighted by Crippen LogP contribution is 2.37. The van der Waals surface area contributed by atoms with E-state index in [1.165, 1.54) is 6.07 Å². The summed E-state index contributed by atoms with van der Waals surface area (Å²) in [4.78, 5) is 20.7. The van der Waals surface area contributed by atoms with Crippen LogP contribution >= 0.6 is 0 Å². The number of nitrogens with zero attached hydrogens (tertiary/aromatic N) is 4. The molecule has 0 aliphatic carbocycles. The van der Waals surface area contributed by atoms with Crippen LogP contribution < -0.4 is 4.74 Å². The van der Waals surface area contributed by atoms with Crippen LogP contribution in [0.5, 0.6) is 11.5 Å². The Morgan fingerprint density at radius 3 is 2.88 bits per heavy atom. The Hall–Kier alpha value is -3.36. The van der Waals surface area contributed by atoms with E-state index in [0.29, 0.717) is 36.2 Å². The van der Waals surface area contributed by atoms with Crippen molar-refractivity contribution < 1.29 is 18.4 Å². The van der Waals surface area contributed by atoms with Gasteiger partial charge in [-0.05, 0) is 24.3 Å². The maximum Gasteiger partial charge on any atom is 0.314 e. The zero-order chi connectivity index (χ0) is 17.6. The van der Waals surface area contributed by atoms with Gasteiger partial charge in [-0.15, -0.1) is 0 Å². The summed E-state index contributed by atoms with van der Waals surface area (Å²) < 4.78 is 32.8. The molecule has 0 atom stereocenters. The molecule has 0 radical (unpaired) electrons. The molecule has 9 heteroatoms. The van der Waals surface area contributed by atoms with Gasteiger partial charge in [-0.2, -0.15) is 4.39 Å². The van der Waals surface area contributed by atoms with Gasteiger partial charge in [0.1, 0.15) is 11.6 Å². The zero-order valence-electron chi connectivity index (χ0n) is 12.6. The van der Waals surface area contributed by atoms with Gasteiger partial charge in [0.2, 0.25) is 11.6 Å². The van der Waals surface area contributed by atoms with Crippen LogP contribution in [0.2, 0.25) is 0 Å². The SMILES string of the molecule is O=[N+]([O-])c1ccc(F)c(F)c1Oc1ccc2c(c1)C1=NCCN1C=N2. The Morgan fingerprint density at radius 2 is 2.08 bits per heavy atom. The summed E-state index contributed by atoms with van der Waals surface area (Å²) in [5, 5.41) is 11.0. The molecule has 0 fully saturated rings. The number of nitro benzene ring substituents is 1. The topological polar surface area (TPSA) is 80.3 Å². The van der Waals surface area contributed by atoms with E-state index in [1.54, 1.807) is 18.5 Å². The van der Waals surface area contributed by atoms with Crippen molar-refractivity contribution >= 4 is 23.5 Å². The fourth-order valence-corrected chi connectivity index (χ4v) is 2.70. The third-order valence-corrected chi connectivity index (χ3v) is 3.87. The van der Waals surface area contributed by atoms with Gasteiger partial charge in [0, 0.05) is 18.2 Å². The van der Waals surface area contributed by atoms with Crippen molar-refractivity contribution in [1.29, 1.82) is 0 Å². The van der Waals surface area contributed by atoms with Gasteiger partial charge in [-0.1, -0.05) is 0 Å². The van der Waals surface area contributed by atoms with Crippen LogP contribution in [0.25, 0.3) is 0 Å². The summed E-state index contributed by atoms with van der Waals surface area (Å²) in [6.45, 7) is 1.32. The van der Waals surface area contributed by atoms with Crippen molar-refractivity contribution in [3.05, 3.63) is 57.6 Å². The number of benzene rings is 2. The van der Waals surface area contributed by atoms with Gasteiger partial charge in [-0.3, -0.25) is 15.1 Å². The summed E-state index contributed by atoms with van der Waals surface area (Å²) in [5.74, 6) is -2.59. The van der Waals surface area contributed by atoms with Gasteiger partial charge in [0.25, 0.3) is 0 Å². The Bertz CT molecular complexity index is 959. The Balaban J connectivity index is 1.76. The maximum atomic E-state index is 14.0. The molecule has 2 aliphatic heterocycles. The van der Waals surface area contributed by atoms with E-state index >= 15 is 0 Å². The lowest BCUT2D eigenvalue weighted by molar-refractivity contribution is -0.385. The van der Waals surface area contributed by atoms with Crippen LogP contribution in [0, 0.1) is 21.7 Å². The monoisotopic (exact) mass is 344 g/mol. The van der Waals surface area contributed by atoms with Crippen molar-refractivity contribution in [2.24, 2.45) is 9.98 Å². The van der Waals surface area contributed by atoms with Crippen LogP contribution in [0.4, 0.5) is 20.2 Å². The maximum absolute atomic E-state index is 14.0. The molecule has 2 aromatic rings. The number of fused-ring (bicyclic) bond motifs is 3. The molecule has 0 bridgehead atoms. The molecule has 126 valence electrons. The standard InChI is InChI=1S/C16H10F2N4O3/c17-11-2-4-13(22(23)24)15(14(11)18)25-9-1-3-12-10(7-9)16-19-5-6-21(16)8-20-12/h1-4,7-8H,5-6H2. The number of hydrogen-bond donors (Lipinski definition) is 0. The normalized spacial score (nSPS) is 14.8. The smallest absolute Gasteiger partial charge is 0.314 e. The van der Waals surface area contributed by atoms with E-state index in [2.05, 4.69) is 9.98 Å². The van der Waals surface area contributed by atoms with E-state index in [-0.39, 0.29) is 5.75 Å². The van der Waals surface area contributed by atoms with Gasteiger partial charge in [0.15, 0.2) is 5.82 Å². The molecular weight excluding hydrogens is 334 g/mol. The van der Waals surface area contributed by atoms with E-state index < -0.39 is 28.0 Å². The van der Waals surface area contributed by atoms with Gasteiger partial charge in [-0.25, -0.2) is 9.38 Å². The predicted molar refractivity (Wildman–Crippen MR) is 85.8 cm³/mol. The van der Waals surface area contributed by atoms with E-state index in [4.69, 9.17) is 4.74 Å². The third kappa shape index (κ3) is 2.49. The predicted octanol–water partition coefficient (Wildman–Crippen LogP) is 3.40. The van der Waals surface area contributed by atoms with Crippen LogP contribution in [0.15, 0.2) is 40.3 Å². The van der Waals surface area contributed by atoms with Crippen LogP contribution in [0.3, 0.4) is 0 Å². The molecule has 7 nitrogen and oxygen atoms in total. The highest BCUT2D eigenvalue weighted by Gasteiger charge is 2.26. The summed E-state index contributed by atoms with van der Waals surface area (Å²) >= 11 is 0. The average Bonchev–Trinajstić information content (AvgIpc) is 3.08. The second-order valence-corrected chi connectivity index (χ2v) is 5.39. The second-order valence-electron chi connectivity index (χ2n) is 5.39. The first-order chi connectivity index (χ1) is 12.0. The molecule has 0 amide bonds. The third-order valence-electron chi connectivity index (χ3n) is 3.87. The first kappa shape index (κ1) is 15.2. The quantitative estimate of drug-likeness (QED) is 0.631. The fourth-order valence-electron chi connectivity index (χ4n) is 2.70. The van der Waals surface area contributed by atoms with E-state index in [0.717, 1.165) is 6.07 Å².